The molecule has 0 spiro atoms. The molecule has 1 atom stereocenters. The molecule has 21 heavy (non-hydrogen) atoms. The molecule has 0 bridgehead atoms. The van der Waals surface area contributed by atoms with E-state index in [-0.39, 0.29) is 0 Å². The van der Waals surface area contributed by atoms with Gasteiger partial charge in [-0.1, -0.05) is 25.1 Å². The van der Waals surface area contributed by atoms with Crippen LogP contribution in [0.1, 0.15) is 30.6 Å². The van der Waals surface area contributed by atoms with E-state index in [1.54, 1.807) is 0 Å². The molecular formula is C17H21N3S. The van der Waals surface area contributed by atoms with E-state index in [2.05, 4.69) is 53.1 Å². The van der Waals surface area contributed by atoms with Crippen LogP contribution in [0.3, 0.4) is 0 Å². The number of aryl methyl sites for hydroxylation is 1. The molecule has 4 heteroatoms. The van der Waals surface area contributed by atoms with Gasteiger partial charge in [-0.05, 0) is 41.4 Å². The van der Waals surface area contributed by atoms with Crippen LogP contribution in [0, 0.1) is 0 Å². The lowest BCUT2D eigenvalue weighted by atomic mass is 10.0. The van der Waals surface area contributed by atoms with Crippen molar-refractivity contribution in [3.05, 3.63) is 53.2 Å². The molecule has 1 aromatic carbocycles. The van der Waals surface area contributed by atoms with Crippen LogP contribution in [-0.4, -0.2) is 16.3 Å². The van der Waals surface area contributed by atoms with Gasteiger partial charge in [-0.3, -0.25) is 4.68 Å². The molecule has 110 valence electrons. The maximum Gasteiger partial charge on any atom is 0.0643 e. The molecule has 0 saturated heterocycles. The molecule has 0 saturated carbocycles. The van der Waals surface area contributed by atoms with Crippen molar-refractivity contribution in [2.45, 2.75) is 25.8 Å². The van der Waals surface area contributed by atoms with Gasteiger partial charge in [0.15, 0.2) is 0 Å². The molecule has 0 fully saturated rings. The summed E-state index contributed by atoms with van der Waals surface area (Å²) >= 11 is 1.83. The second-order valence-electron chi connectivity index (χ2n) is 5.38. The van der Waals surface area contributed by atoms with Gasteiger partial charge in [0.25, 0.3) is 0 Å². The van der Waals surface area contributed by atoms with Crippen molar-refractivity contribution >= 4 is 21.4 Å². The first kappa shape index (κ1) is 14.3. The molecule has 0 radical (unpaired) electrons. The molecule has 1 N–H and O–H groups in total. The highest BCUT2D eigenvalue weighted by Gasteiger charge is 2.17. The highest BCUT2D eigenvalue weighted by molar-refractivity contribution is 7.17. The van der Waals surface area contributed by atoms with Crippen molar-refractivity contribution in [3.8, 4) is 0 Å². The number of fused-ring (bicyclic) bond motifs is 1. The van der Waals surface area contributed by atoms with Crippen LogP contribution >= 0.6 is 11.3 Å². The van der Waals surface area contributed by atoms with Gasteiger partial charge in [0.2, 0.25) is 0 Å². The van der Waals surface area contributed by atoms with Gasteiger partial charge in [-0.15, -0.1) is 11.3 Å². The second-order valence-corrected chi connectivity index (χ2v) is 6.29. The molecule has 1 unspecified atom stereocenters. The van der Waals surface area contributed by atoms with Gasteiger partial charge in [0.05, 0.1) is 5.69 Å². The average molecular weight is 299 g/mol. The number of nitrogens with zero attached hydrogens (tertiary/aromatic N) is 2. The molecule has 3 nitrogen and oxygen atoms in total. The van der Waals surface area contributed by atoms with E-state index in [9.17, 15) is 0 Å². The maximum atomic E-state index is 4.53. The van der Waals surface area contributed by atoms with Crippen molar-refractivity contribution in [2.24, 2.45) is 7.05 Å². The van der Waals surface area contributed by atoms with E-state index in [0.29, 0.717) is 6.04 Å². The Morgan fingerprint density at radius 3 is 2.90 bits per heavy atom. The molecule has 3 rings (SSSR count). The fourth-order valence-corrected chi connectivity index (χ4v) is 3.68. The third-order valence-electron chi connectivity index (χ3n) is 3.71. The molecule has 2 aromatic heterocycles. The molecular weight excluding hydrogens is 278 g/mol. The van der Waals surface area contributed by atoms with Crippen molar-refractivity contribution in [2.75, 3.05) is 6.54 Å². The van der Waals surface area contributed by atoms with Crippen molar-refractivity contribution in [1.82, 2.24) is 15.1 Å². The topological polar surface area (TPSA) is 29.9 Å². The molecule has 0 amide bonds. The van der Waals surface area contributed by atoms with Crippen LogP contribution in [0.2, 0.25) is 0 Å². The number of nitrogens with one attached hydrogen (secondary N) is 1. The van der Waals surface area contributed by atoms with Gasteiger partial charge in [-0.25, -0.2) is 0 Å². The van der Waals surface area contributed by atoms with E-state index >= 15 is 0 Å². The van der Waals surface area contributed by atoms with Gasteiger partial charge < -0.3 is 5.32 Å². The van der Waals surface area contributed by atoms with Crippen LogP contribution < -0.4 is 5.32 Å². The fraction of sp³-hybridized carbons (Fsp3) is 0.353. The van der Waals surface area contributed by atoms with Gasteiger partial charge in [0, 0.05) is 30.4 Å². The number of hydrogen-bond acceptors (Lipinski definition) is 3. The fourth-order valence-electron chi connectivity index (χ4n) is 2.66. The Labute approximate surface area is 129 Å². The number of benzene rings is 1. The predicted octanol–water partition coefficient (Wildman–Crippen LogP) is 3.92. The number of rotatable bonds is 6. The van der Waals surface area contributed by atoms with Crippen molar-refractivity contribution in [3.63, 3.8) is 0 Å². The van der Waals surface area contributed by atoms with Crippen LogP contribution in [0.4, 0.5) is 0 Å². The van der Waals surface area contributed by atoms with Gasteiger partial charge in [0.1, 0.15) is 0 Å². The number of thiophene rings is 1. The van der Waals surface area contributed by atoms with Gasteiger partial charge >= 0.3 is 0 Å². The summed E-state index contributed by atoms with van der Waals surface area (Å²) in [7, 11) is 1.97. The quantitative estimate of drug-likeness (QED) is 0.747. The Morgan fingerprint density at radius 2 is 2.14 bits per heavy atom. The summed E-state index contributed by atoms with van der Waals surface area (Å²) in [5.41, 5.74) is 2.54. The molecule has 0 aliphatic heterocycles. The summed E-state index contributed by atoms with van der Waals surface area (Å²) in [6, 6.07) is 11.1. The van der Waals surface area contributed by atoms with Crippen LogP contribution in [-0.2, 0) is 13.5 Å². The Bertz CT molecular complexity index is 713. The summed E-state index contributed by atoms with van der Waals surface area (Å²) in [5, 5.41) is 11.9. The van der Waals surface area contributed by atoms with Crippen molar-refractivity contribution in [1.29, 1.82) is 0 Å². The Balaban J connectivity index is 1.91. The normalized spacial score (nSPS) is 12.9. The third kappa shape index (κ3) is 3.17. The number of hydrogen-bond donors (Lipinski definition) is 1. The molecule has 2 heterocycles. The van der Waals surface area contributed by atoms with Crippen LogP contribution in [0.5, 0.6) is 0 Å². The SMILES string of the molecule is CCCNC(Cc1ccn(C)n1)c1csc2ccccc12. The highest BCUT2D eigenvalue weighted by atomic mass is 32.1. The molecule has 0 aliphatic carbocycles. The first-order valence-electron chi connectivity index (χ1n) is 7.46. The standard InChI is InChI=1S/C17H21N3S/c1-3-9-18-16(11-13-8-10-20(2)19-13)15-12-21-17-7-5-4-6-14(15)17/h4-8,10,12,16,18H,3,9,11H2,1-2H3. The largest absolute Gasteiger partial charge is 0.310 e. The summed E-state index contributed by atoms with van der Waals surface area (Å²) in [6.45, 7) is 3.23. The predicted molar refractivity (Wildman–Crippen MR) is 89.8 cm³/mol. The maximum absolute atomic E-state index is 4.53. The lowest BCUT2D eigenvalue weighted by Gasteiger charge is -2.17. The first-order chi connectivity index (χ1) is 10.3. The van der Waals surface area contributed by atoms with Crippen LogP contribution in [0.15, 0.2) is 41.9 Å². The van der Waals surface area contributed by atoms with E-state index in [1.165, 1.54) is 15.6 Å². The van der Waals surface area contributed by atoms with Crippen LogP contribution in [0.25, 0.3) is 10.1 Å². The van der Waals surface area contributed by atoms with E-state index in [1.807, 2.05) is 29.3 Å². The average Bonchev–Trinajstić information content (AvgIpc) is 3.09. The van der Waals surface area contributed by atoms with E-state index < -0.39 is 0 Å². The van der Waals surface area contributed by atoms with Gasteiger partial charge in [-0.2, -0.15) is 5.10 Å². The zero-order valence-electron chi connectivity index (χ0n) is 12.5. The summed E-state index contributed by atoms with van der Waals surface area (Å²) in [5.74, 6) is 0. The Morgan fingerprint density at radius 1 is 1.29 bits per heavy atom. The monoisotopic (exact) mass is 299 g/mol. The molecule has 0 aliphatic rings. The summed E-state index contributed by atoms with van der Waals surface area (Å²) < 4.78 is 3.23. The first-order valence-corrected chi connectivity index (χ1v) is 8.34. The lowest BCUT2D eigenvalue weighted by molar-refractivity contribution is 0.525. The zero-order chi connectivity index (χ0) is 14.7. The minimum Gasteiger partial charge on any atom is -0.310 e. The highest BCUT2D eigenvalue weighted by Crippen LogP contribution is 2.31. The number of aromatic nitrogens is 2. The zero-order valence-corrected chi connectivity index (χ0v) is 13.4. The summed E-state index contributed by atoms with van der Waals surface area (Å²) in [4.78, 5) is 0. The second kappa shape index (κ2) is 6.41. The van der Waals surface area contributed by atoms with Crippen molar-refractivity contribution < 1.29 is 0 Å². The smallest absolute Gasteiger partial charge is 0.0643 e. The Hall–Kier alpha value is -1.65. The third-order valence-corrected chi connectivity index (χ3v) is 4.69. The molecule has 3 aromatic rings. The minimum atomic E-state index is 0.330. The summed E-state index contributed by atoms with van der Waals surface area (Å²) in [6.07, 6.45) is 4.08. The minimum absolute atomic E-state index is 0.330. The van der Waals surface area contributed by atoms with E-state index in [0.717, 1.165) is 25.1 Å². The Kier molecular flexibility index (Phi) is 4.36. The lowest BCUT2D eigenvalue weighted by Crippen LogP contribution is -2.24. The van der Waals surface area contributed by atoms with E-state index in [4.69, 9.17) is 0 Å².